The first-order valence-electron chi connectivity index (χ1n) is 6.87. The molecule has 0 bridgehead atoms. The summed E-state index contributed by atoms with van der Waals surface area (Å²) in [6.45, 7) is 5.45. The van der Waals surface area contributed by atoms with Crippen LogP contribution < -0.4 is 5.32 Å². The summed E-state index contributed by atoms with van der Waals surface area (Å²) in [5, 5.41) is 3.45. The highest BCUT2D eigenvalue weighted by molar-refractivity contribution is 5.27. The van der Waals surface area contributed by atoms with Crippen LogP contribution in [0.2, 0.25) is 0 Å². The molecule has 0 aliphatic carbocycles. The fourth-order valence-electron chi connectivity index (χ4n) is 2.51. The van der Waals surface area contributed by atoms with Gasteiger partial charge in [0.05, 0.1) is 24.8 Å². The lowest BCUT2D eigenvalue weighted by atomic mass is 9.99. The van der Waals surface area contributed by atoms with Crippen molar-refractivity contribution in [3.63, 3.8) is 0 Å². The normalized spacial score (nSPS) is 24.1. The second kappa shape index (κ2) is 6.14. The molecule has 0 radical (unpaired) electrons. The van der Waals surface area contributed by atoms with E-state index in [2.05, 4.69) is 19.2 Å². The zero-order valence-corrected chi connectivity index (χ0v) is 11.7. The summed E-state index contributed by atoms with van der Waals surface area (Å²) in [4.78, 5) is 0. The fraction of sp³-hybridized carbons (Fsp3) is 0.600. The Balaban J connectivity index is 2.04. The van der Waals surface area contributed by atoms with Gasteiger partial charge in [0.25, 0.3) is 0 Å². The standard InChI is InChI=1S/C15H20F3NO/c1-10(2)7-13-8-20-9-14(19-13)11-3-5-12(6-4-11)15(16,17)18/h3-6,10,13-14,19H,7-9H2,1-2H3/t13-,14-/m0/s1. The predicted octanol–water partition coefficient (Wildman–Crippen LogP) is 3.78. The highest BCUT2D eigenvalue weighted by Gasteiger charge is 2.30. The summed E-state index contributed by atoms with van der Waals surface area (Å²) in [5.41, 5.74) is 0.225. The molecule has 1 heterocycles. The number of nitrogens with one attached hydrogen (secondary N) is 1. The van der Waals surface area contributed by atoms with Crippen molar-refractivity contribution in [2.45, 2.75) is 38.5 Å². The van der Waals surface area contributed by atoms with Crippen molar-refractivity contribution in [1.82, 2.24) is 5.32 Å². The van der Waals surface area contributed by atoms with Crippen LogP contribution in [0.3, 0.4) is 0 Å². The topological polar surface area (TPSA) is 21.3 Å². The first kappa shape index (κ1) is 15.3. The number of hydrogen-bond acceptors (Lipinski definition) is 2. The van der Waals surface area contributed by atoms with Crippen LogP contribution in [0.4, 0.5) is 13.2 Å². The number of rotatable bonds is 3. The van der Waals surface area contributed by atoms with Crippen molar-refractivity contribution < 1.29 is 17.9 Å². The maximum absolute atomic E-state index is 12.5. The average Bonchev–Trinajstić information content (AvgIpc) is 2.37. The Morgan fingerprint density at radius 2 is 1.85 bits per heavy atom. The van der Waals surface area contributed by atoms with Gasteiger partial charge in [0.2, 0.25) is 0 Å². The smallest absolute Gasteiger partial charge is 0.378 e. The molecule has 112 valence electrons. The molecule has 0 spiro atoms. The third-order valence-corrected chi connectivity index (χ3v) is 3.44. The molecule has 1 fully saturated rings. The van der Waals surface area contributed by atoms with Gasteiger partial charge < -0.3 is 10.1 Å². The van der Waals surface area contributed by atoms with Crippen LogP contribution in [0.1, 0.15) is 37.4 Å². The van der Waals surface area contributed by atoms with Crippen LogP contribution >= 0.6 is 0 Å². The van der Waals surface area contributed by atoms with Gasteiger partial charge in [-0.15, -0.1) is 0 Å². The molecule has 1 aliphatic rings. The lowest BCUT2D eigenvalue weighted by molar-refractivity contribution is -0.137. The van der Waals surface area contributed by atoms with Crippen molar-refractivity contribution in [2.24, 2.45) is 5.92 Å². The molecule has 0 saturated carbocycles. The van der Waals surface area contributed by atoms with E-state index in [1.165, 1.54) is 12.1 Å². The number of hydrogen-bond donors (Lipinski definition) is 1. The minimum atomic E-state index is -4.28. The number of alkyl halides is 3. The van der Waals surface area contributed by atoms with E-state index in [0.717, 1.165) is 24.1 Å². The Hall–Kier alpha value is -1.07. The van der Waals surface area contributed by atoms with Crippen molar-refractivity contribution >= 4 is 0 Å². The van der Waals surface area contributed by atoms with Crippen LogP contribution in [-0.4, -0.2) is 19.3 Å². The van der Waals surface area contributed by atoms with Crippen molar-refractivity contribution in [1.29, 1.82) is 0 Å². The van der Waals surface area contributed by atoms with Gasteiger partial charge in [-0.25, -0.2) is 0 Å². The molecule has 0 amide bonds. The van der Waals surface area contributed by atoms with Crippen LogP contribution in [0.25, 0.3) is 0 Å². The van der Waals surface area contributed by atoms with Gasteiger partial charge in [0.15, 0.2) is 0 Å². The van der Waals surface area contributed by atoms with Crippen LogP contribution in [-0.2, 0) is 10.9 Å². The molecule has 2 rings (SSSR count). The van der Waals surface area contributed by atoms with Crippen LogP contribution in [0, 0.1) is 5.92 Å². The van der Waals surface area contributed by atoms with Gasteiger partial charge in [-0.1, -0.05) is 26.0 Å². The number of benzene rings is 1. The van der Waals surface area contributed by atoms with Gasteiger partial charge in [0.1, 0.15) is 0 Å². The van der Waals surface area contributed by atoms with E-state index in [0.29, 0.717) is 19.1 Å². The molecule has 20 heavy (non-hydrogen) atoms. The minimum absolute atomic E-state index is 0.0326. The van der Waals surface area contributed by atoms with Gasteiger partial charge in [-0.05, 0) is 30.0 Å². The third-order valence-electron chi connectivity index (χ3n) is 3.44. The zero-order chi connectivity index (χ0) is 14.8. The van der Waals surface area contributed by atoms with E-state index < -0.39 is 11.7 Å². The molecule has 2 atom stereocenters. The Bertz CT molecular complexity index is 428. The Morgan fingerprint density at radius 3 is 2.40 bits per heavy atom. The maximum Gasteiger partial charge on any atom is 0.416 e. The monoisotopic (exact) mass is 287 g/mol. The molecular formula is C15H20F3NO. The largest absolute Gasteiger partial charge is 0.416 e. The second-order valence-corrected chi connectivity index (χ2v) is 5.70. The lowest BCUT2D eigenvalue weighted by Gasteiger charge is -2.32. The van der Waals surface area contributed by atoms with E-state index in [1.807, 2.05) is 0 Å². The summed E-state index contributed by atoms with van der Waals surface area (Å²) in [6.07, 6.45) is -3.29. The molecular weight excluding hydrogens is 267 g/mol. The molecule has 1 saturated heterocycles. The van der Waals surface area contributed by atoms with E-state index in [-0.39, 0.29) is 12.1 Å². The number of morpholine rings is 1. The zero-order valence-electron chi connectivity index (χ0n) is 11.7. The SMILES string of the molecule is CC(C)C[C@H]1COC[C@@H](c2ccc(C(F)(F)F)cc2)N1. The number of ether oxygens (including phenoxy) is 1. The van der Waals surface area contributed by atoms with Crippen LogP contribution in [0.15, 0.2) is 24.3 Å². The predicted molar refractivity (Wildman–Crippen MR) is 71.4 cm³/mol. The minimum Gasteiger partial charge on any atom is -0.378 e. The summed E-state index contributed by atoms with van der Waals surface area (Å²) in [6, 6.07) is 5.54. The molecule has 5 heteroatoms. The van der Waals surface area contributed by atoms with Gasteiger partial charge in [-0.2, -0.15) is 13.2 Å². The quantitative estimate of drug-likeness (QED) is 0.913. The summed E-state index contributed by atoms with van der Waals surface area (Å²) >= 11 is 0. The summed E-state index contributed by atoms with van der Waals surface area (Å²) in [5.74, 6) is 0.558. The van der Waals surface area contributed by atoms with Crippen LogP contribution in [0.5, 0.6) is 0 Å². The van der Waals surface area contributed by atoms with Crippen molar-refractivity contribution in [3.8, 4) is 0 Å². The summed E-state index contributed by atoms with van der Waals surface area (Å²) in [7, 11) is 0. The van der Waals surface area contributed by atoms with E-state index in [4.69, 9.17) is 4.74 Å². The van der Waals surface area contributed by atoms with E-state index in [1.54, 1.807) is 0 Å². The Morgan fingerprint density at radius 1 is 1.20 bits per heavy atom. The highest BCUT2D eigenvalue weighted by Crippen LogP contribution is 2.30. The molecule has 1 N–H and O–H groups in total. The summed E-state index contributed by atoms with van der Waals surface area (Å²) < 4.78 is 43.1. The molecule has 2 nitrogen and oxygen atoms in total. The Labute approximate surface area is 117 Å². The van der Waals surface area contributed by atoms with Crippen molar-refractivity contribution in [3.05, 3.63) is 35.4 Å². The molecule has 0 unspecified atom stereocenters. The first-order chi connectivity index (χ1) is 9.36. The first-order valence-corrected chi connectivity index (χ1v) is 6.87. The maximum atomic E-state index is 12.5. The Kier molecular flexibility index (Phi) is 4.70. The molecule has 0 aromatic heterocycles. The van der Waals surface area contributed by atoms with Gasteiger partial charge >= 0.3 is 6.18 Å². The molecule has 1 aromatic carbocycles. The third kappa shape index (κ3) is 3.96. The average molecular weight is 287 g/mol. The van der Waals surface area contributed by atoms with Crippen molar-refractivity contribution in [2.75, 3.05) is 13.2 Å². The highest BCUT2D eigenvalue weighted by atomic mass is 19.4. The lowest BCUT2D eigenvalue weighted by Crippen LogP contribution is -2.44. The molecule has 1 aromatic rings. The number of halogens is 3. The van der Waals surface area contributed by atoms with E-state index >= 15 is 0 Å². The fourth-order valence-corrected chi connectivity index (χ4v) is 2.51. The molecule has 1 aliphatic heterocycles. The van der Waals surface area contributed by atoms with Gasteiger partial charge in [-0.3, -0.25) is 0 Å². The van der Waals surface area contributed by atoms with Gasteiger partial charge in [0, 0.05) is 6.04 Å². The van der Waals surface area contributed by atoms with E-state index in [9.17, 15) is 13.2 Å². The second-order valence-electron chi connectivity index (χ2n) is 5.70.